The van der Waals surface area contributed by atoms with Crippen molar-refractivity contribution in [3.05, 3.63) is 42.6 Å². The van der Waals surface area contributed by atoms with Crippen molar-refractivity contribution in [1.29, 1.82) is 0 Å². The molecule has 0 radical (unpaired) electrons. The van der Waals surface area contributed by atoms with Crippen LogP contribution in [0.5, 0.6) is 11.5 Å². The maximum Gasteiger partial charge on any atom is 0.246 e. The fraction of sp³-hybridized carbons (Fsp3) is 0.414. The van der Waals surface area contributed by atoms with E-state index in [-0.39, 0.29) is 36.5 Å². The van der Waals surface area contributed by atoms with E-state index in [2.05, 4.69) is 33.3 Å². The number of rotatable bonds is 4. The van der Waals surface area contributed by atoms with Crippen molar-refractivity contribution in [2.45, 2.75) is 38.5 Å². The first-order valence-electron chi connectivity index (χ1n) is 13.4. The number of β-amino-alcohol motifs (C(OH)–C–C–N with tert-alkyl or cyclic N) is 1. The van der Waals surface area contributed by atoms with Gasteiger partial charge in [-0.3, -0.25) is 9.69 Å². The minimum Gasteiger partial charge on any atom is -0.453 e. The summed E-state index contributed by atoms with van der Waals surface area (Å²) in [5, 5.41) is 11.3. The van der Waals surface area contributed by atoms with Crippen molar-refractivity contribution in [2.24, 2.45) is 5.92 Å². The predicted octanol–water partition coefficient (Wildman–Crippen LogP) is 2.56. The summed E-state index contributed by atoms with van der Waals surface area (Å²) in [6.07, 6.45) is 2.79. The third kappa shape index (κ3) is 4.24. The zero-order chi connectivity index (χ0) is 28.1. The monoisotopic (exact) mass is 546 g/mol. The molecule has 5 heterocycles. The molecule has 2 aromatic heterocycles. The fourth-order valence-electron chi connectivity index (χ4n) is 5.92. The number of carbonyl (C=O) groups excluding carboxylic acids is 1. The van der Waals surface area contributed by atoms with Crippen LogP contribution in [0.4, 0.5) is 10.2 Å². The minimum absolute atomic E-state index is 0.00277. The van der Waals surface area contributed by atoms with Gasteiger partial charge in [-0.25, -0.2) is 14.4 Å². The van der Waals surface area contributed by atoms with Crippen molar-refractivity contribution in [3.8, 4) is 34.5 Å². The molecule has 3 N–H and O–H groups in total. The summed E-state index contributed by atoms with van der Waals surface area (Å²) >= 11 is 0. The molecular weight excluding hydrogens is 515 g/mol. The molecule has 3 aliphatic rings. The van der Waals surface area contributed by atoms with E-state index in [1.807, 2.05) is 18.4 Å². The van der Waals surface area contributed by atoms with Crippen LogP contribution in [-0.2, 0) is 4.79 Å². The Hall–Kier alpha value is -4.14. The van der Waals surface area contributed by atoms with Gasteiger partial charge in [0.1, 0.15) is 23.5 Å². The Morgan fingerprint density at radius 3 is 2.75 bits per heavy atom. The molecule has 0 unspecified atom stereocenters. The highest BCUT2D eigenvalue weighted by Gasteiger charge is 2.39. The molecule has 0 saturated carbocycles. The SMILES string of the molecule is C=CC(=O)N1CC[C@H](N2CC(C#Cc3c(-c4ccc(F)c5c4OCO5)c4c(N)ncnc4n3C(C)C)C2)[C@H](O)C1. The number of hydrogen-bond acceptors (Lipinski definition) is 8. The quantitative estimate of drug-likeness (QED) is 0.379. The molecule has 1 aromatic carbocycles. The molecule has 0 spiro atoms. The number of nitrogen functional groups attached to an aromatic ring is 1. The molecule has 11 heteroatoms. The predicted molar refractivity (Wildman–Crippen MR) is 147 cm³/mol. The standard InChI is InChI=1S/C29H31FN6O4/c1-4-23(38)34-10-9-20(22(37)13-34)35-11-17(12-35)5-8-21-24(18-6-7-19(30)27-26(18)39-15-40-27)25-28(31)32-14-33-29(25)36(21)16(2)3/h4,6-7,14,16-17,20,22,37H,1,9-13,15H2,2-3H3,(H2,31,32,33)/t20-,22+/m0/s1. The maximum atomic E-state index is 14.5. The van der Waals surface area contributed by atoms with Gasteiger partial charge in [0.05, 0.1) is 11.5 Å². The average molecular weight is 547 g/mol. The van der Waals surface area contributed by atoms with Gasteiger partial charge in [0.15, 0.2) is 11.6 Å². The highest BCUT2D eigenvalue weighted by Crippen LogP contribution is 2.48. The number of likely N-dealkylation sites (tertiary alicyclic amines) is 2. The number of anilines is 1. The second-order valence-corrected chi connectivity index (χ2v) is 10.6. The summed E-state index contributed by atoms with van der Waals surface area (Å²) in [5.41, 5.74) is 9.00. The summed E-state index contributed by atoms with van der Waals surface area (Å²) in [6.45, 7) is 9.86. The molecule has 2 fully saturated rings. The molecule has 2 atom stereocenters. The van der Waals surface area contributed by atoms with E-state index < -0.39 is 11.9 Å². The number of ether oxygens (including phenoxy) is 2. The van der Waals surface area contributed by atoms with E-state index in [1.165, 1.54) is 18.5 Å². The summed E-state index contributed by atoms with van der Waals surface area (Å²) in [4.78, 5) is 24.5. The topological polar surface area (TPSA) is 119 Å². The second-order valence-electron chi connectivity index (χ2n) is 10.6. The van der Waals surface area contributed by atoms with Gasteiger partial charge in [0, 0.05) is 55.3 Å². The number of amides is 1. The van der Waals surface area contributed by atoms with E-state index in [0.717, 1.165) is 0 Å². The van der Waals surface area contributed by atoms with Gasteiger partial charge in [-0.1, -0.05) is 12.5 Å². The second kappa shape index (κ2) is 10.1. The molecule has 208 valence electrons. The van der Waals surface area contributed by atoms with Crippen molar-refractivity contribution in [3.63, 3.8) is 0 Å². The molecule has 6 rings (SSSR count). The number of hydrogen-bond donors (Lipinski definition) is 2. The number of halogens is 1. The van der Waals surface area contributed by atoms with Gasteiger partial charge in [0.25, 0.3) is 0 Å². The summed E-state index contributed by atoms with van der Waals surface area (Å²) in [5.74, 6) is 6.90. The van der Waals surface area contributed by atoms with Gasteiger partial charge in [0.2, 0.25) is 18.4 Å². The Morgan fingerprint density at radius 2 is 2.02 bits per heavy atom. The lowest BCUT2D eigenvalue weighted by molar-refractivity contribution is -0.132. The summed E-state index contributed by atoms with van der Waals surface area (Å²) < 4.78 is 27.6. The van der Waals surface area contributed by atoms with Gasteiger partial charge < -0.3 is 29.8 Å². The van der Waals surface area contributed by atoms with Gasteiger partial charge in [-0.2, -0.15) is 0 Å². The van der Waals surface area contributed by atoms with E-state index in [4.69, 9.17) is 15.2 Å². The van der Waals surface area contributed by atoms with Crippen LogP contribution in [-0.4, -0.2) is 80.5 Å². The summed E-state index contributed by atoms with van der Waals surface area (Å²) in [7, 11) is 0. The van der Waals surface area contributed by atoms with Crippen LogP contribution in [0.1, 0.15) is 32.0 Å². The number of benzene rings is 1. The van der Waals surface area contributed by atoms with Gasteiger partial charge in [-0.05, 0) is 44.4 Å². The lowest BCUT2D eigenvalue weighted by Crippen LogP contribution is -2.61. The van der Waals surface area contributed by atoms with Crippen LogP contribution in [0.25, 0.3) is 22.2 Å². The van der Waals surface area contributed by atoms with Crippen LogP contribution in [0.15, 0.2) is 31.1 Å². The molecule has 3 aliphatic heterocycles. The third-order valence-electron chi connectivity index (χ3n) is 7.88. The number of fused-ring (bicyclic) bond motifs is 2. The van der Waals surface area contributed by atoms with E-state index in [1.54, 1.807) is 11.0 Å². The largest absolute Gasteiger partial charge is 0.453 e. The summed E-state index contributed by atoms with van der Waals surface area (Å²) in [6, 6.07) is 2.98. The average Bonchev–Trinajstić information content (AvgIpc) is 3.53. The number of carbonyl (C=O) groups is 1. The van der Waals surface area contributed by atoms with Crippen LogP contribution in [0.2, 0.25) is 0 Å². The molecule has 1 amide bonds. The Kier molecular flexibility index (Phi) is 6.60. The molecule has 2 saturated heterocycles. The van der Waals surface area contributed by atoms with Crippen LogP contribution in [0, 0.1) is 23.6 Å². The van der Waals surface area contributed by atoms with Crippen molar-refractivity contribution in [2.75, 3.05) is 38.7 Å². The van der Waals surface area contributed by atoms with E-state index in [9.17, 15) is 14.3 Å². The lowest BCUT2D eigenvalue weighted by atomic mass is 9.91. The molecule has 0 bridgehead atoms. The van der Waals surface area contributed by atoms with E-state index >= 15 is 0 Å². The normalized spacial score (nSPS) is 20.9. The fourth-order valence-corrected chi connectivity index (χ4v) is 5.92. The van der Waals surface area contributed by atoms with Gasteiger partial charge >= 0.3 is 0 Å². The number of nitrogens with two attached hydrogens (primary N) is 1. The Balaban J connectivity index is 1.34. The zero-order valence-electron chi connectivity index (χ0n) is 22.4. The van der Waals surface area contributed by atoms with Crippen molar-refractivity contribution in [1.82, 2.24) is 24.3 Å². The highest BCUT2D eigenvalue weighted by atomic mass is 19.1. The van der Waals surface area contributed by atoms with Crippen LogP contribution in [0.3, 0.4) is 0 Å². The van der Waals surface area contributed by atoms with Crippen LogP contribution >= 0.6 is 0 Å². The Morgan fingerprint density at radius 1 is 1.25 bits per heavy atom. The molecular formula is C29H31FN6O4. The van der Waals surface area contributed by atoms with E-state index in [0.29, 0.717) is 72.0 Å². The molecule has 3 aromatic rings. The number of nitrogens with zero attached hydrogens (tertiary/aromatic N) is 5. The number of aromatic nitrogens is 3. The first-order valence-corrected chi connectivity index (χ1v) is 13.4. The van der Waals surface area contributed by atoms with Crippen molar-refractivity contribution >= 4 is 22.8 Å². The maximum absolute atomic E-state index is 14.5. The zero-order valence-corrected chi connectivity index (χ0v) is 22.4. The van der Waals surface area contributed by atoms with Crippen molar-refractivity contribution < 1.29 is 23.8 Å². The minimum atomic E-state index is -0.619. The lowest BCUT2D eigenvalue weighted by Gasteiger charge is -2.47. The number of aliphatic hydroxyl groups excluding tert-OH is 1. The van der Waals surface area contributed by atoms with Crippen LogP contribution < -0.4 is 15.2 Å². The number of piperidine rings is 1. The first-order chi connectivity index (χ1) is 19.3. The first kappa shape index (κ1) is 26.1. The third-order valence-corrected chi connectivity index (χ3v) is 7.88. The molecule has 40 heavy (non-hydrogen) atoms. The Labute approximate surface area is 231 Å². The highest BCUT2D eigenvalue weighted by molar-refractivity contribution is 6.05. The van der Waals surface area contributed by atoms with Gasteiger partial charge in [-0.15, -0.1) is 0 Å². The molecule has 0 aliphatic carbocycles. The Bertz CT molecular complexity index is 1570. The molecule has 10 nitrogen and oxygen atoms in total. The number of aliphatic hydroxyl groups is 1. The smallest absolute Gasteiger partial charge is 0.246 e.